The van der Waals surface area contributed by atoms with Crippen LogP contribution in [0.25, 0.3) is 0 Å². The number of carbonyl (C=O) groups excluding carboxylic acids is 1. The molecule has 1 saturated heterocycles. The van der Waals surface area contributed by atoms with Gasteiger partial charge in [-0.2, -0.15) is 0 Å². The van der Waals surface area contributed by atoms with Crippen LogP contribution in [-0.2, 0) is 9.53 Å². The molecule has 0 bridgehead atoms. The van der Waals surface area contributed by atoms with Crippen molar-refractivity contribution in [3.63, 3.8) is 0 Å². The van der Waals surface area contributed by atoms with Gasteiger partial charge in [0, 0.05) is 13.5 Å². The minimum atomic E-state index is -1.46. The molecule has 0 aliphatic carbocycles. The Morgan fingerprint density at radius 2 is 1.82 bits per heavy atom. The first kappa shape index (κ1) is 14.3. The molecular formula is C10H19NO6. The average Bonchev–Trinajstić information content (AvgIpc) is 2.29. The average molecular weight is 249 g/mol. The van der Waals surface area contributed by atoms with Gasteiger partial charge >= 0.3 is 0 Å². The maximum absolute atomic E-state index is 11.3. The van der Waals surface area contributed by atoms with E-state index in [0.29, 0.717) is 0 Å². The number of amides is 1. The van der Waals surface area contributed by atoms with Gasteiger partial charge in [0.15, 0.2) is 6.23 Å². The van der Waals surface area contributed by atoms with Gasteiger partial charge in [0.2, 0.25) is 5.91 Å². The van der Waals surface area contributed by atoms with Crippen LogP contribution in [0.3, 0.4) is 0 Å². The summed E-state index contributed by atoms with van der Waals surface area (Å²) in [6.07, 6.45) is -6.33. The predicted octanol–water partition coefficient (Wildman–Crippen LogP) is -2.35. The Morgan fingerprint density at radius 1 is 1.24 bits per heavy atom. The molecule has 1 aliphatic rings. The molecule has 3 unspecified atom stereocenters. The highest BCUT2D eigenvalue weighted by Crippen LogP contribution is 2.23. The topological polar surface area (TPSA) is 110 Å². The molecule has 0 saturated carbocycles. The number of aliphatic hydroxyl groups excluding tert-OH is 4. The molecule has 1 amide bonds. The molecule has 0 aromatic rings. The fraction of sp³-hybridized carbons (Fsp3) is 0.900. The maximum atomic E-state index is 11.3. The van der Waals surface area contributed by atoms with Crippen LogP contribution in [0.1, 0.15) is 13.8 Å². The smallest absolute Gasteiger partial charge is 0.221 e. The number of aliphatic hydroxyl groups is 4. The van der Waals surface area contributed by atoms with E-state index in [1.54, 1.807) is 6.92 Å². The monoisotopic (exact) mass is 249 g/mol. The fourth-order valence-electron chi connectivity index (χ4n) is 1.92. The quantitative estimate of drug-likeness (QED) is 0.446. The SMILES string of the molecule is CCN(C(C)=O)[C@@H]1OC(CO)[C@H](O)C(O)C1O. The van der Waals surface area contributed by atoms with Crippen LogP contribution < -0.4 is 0 Å². The van der Waals surface area contributed by atoms with Gasteiger partial charge < -0.3 is 30.1 Å². The Balaban J connectivity index is 2.87. The van der Waals surface area contributed by atoms with Gasteiger partial charge in [0.05, 0.1) is 6.61 Å². The molecule has 1 fully saturated rings. The van der Waals surface area contributed by atoms with E-state index in [1.807, 2.05) is 0 Å². The number of nitrogens with zero attached hydrogens (tertiary/aromatic N) is 1. The second kappa shape index (κ2) is 5.74. The van der Waals surface area contributed by atoms with Crippen LogP contribution in [0.2, 0.25) is 0 Å². The van der Waals surface area contributed by atoms with E-state index < -0.39 is 37.3 Å². The lowest BCUT2D eigenvalue weighted by atomic mass is 9.98. The van der Waals surface area contributed by atoms with Gasteiger partial charge in [0.25, 0.3) is 0 Å². The molecule has 0 aromatic heterocycles. The zero-order chi connectivity index (χ0) is 13.2. The Hall–Kier alpha value is -0.730. The summed E-state index contributed by atoms with van der Waals surface area (Å²) in [7, 11) is 0. The number of hydrogen-bond donors (Lipinski definition) is 4. The van der Waals surface area contributed by atoms with E-state index in [0.717, 1.165) is 0 Å². The number of rotatable bonds is 3. The summed E-state index contributed by atoms with van der Waals surface area (Å²) in [6.45, 7) is 2.79. The third kappa shape index (κ3) is 2.75. The third-order valence-corrected chi connectivity index (χ3v) is 2.92. The normalized spacial score (nSPS) is 37.9. The molecule has 7 nitrogen and oxygen atoms in total. The van der Waals surface area contributed by atoms with Gasteiger partial charge in [-0.3, -0.25) is 4.79 Å². The molecule has 5 atom stereocenters. The van der Waals surface area contributed by atoms with Gasteiger partial charge in [-0.1, -0.05) is 0 Å². The third-order valence-electron chi connectivity index (χ3n) is 2.92. The van der Waals surface area contributed by atoms with Crippen LogP contribution in [-0.4, -0.2) is 75.0 Å². The van der Waals surface area contributed by atoms with Gasteiger partial charge in [0.1, 0.15) is 24.4 Å². The number of carbonyl (C=O) groups is 1. The van der Waals surface area contributed by atoms with Gasteiger partial charge in [-0.05, 0) is 6.92 Å². The summed E-state index contributed by atoms with van der Waals surface area (Å²) in [4.78, 5) is 12.6. The van der Waals surface area contributed by atoms with E-state index in [4.69, 9.17) is 9.84 Å². The van der Waals surface area contributed by atoms with Crippen molar-refractivity contribution in [2.45, 2.75) is 44.5 Å². The zero-order valence-corrected chi connectivity index (χ0v) is 9.85. The summed E-state index contributed by atoms with van der Waals surface area (Å²) in [5.74, 6) is -0.322. The minimum absolute atomic E-state index is 0.290. The fourth-order valence-corrected chi connectivity index (χ4v) is 1.92. The van der Waals surface area contributed by atoms with E-state index in [1.165, 1.54) is 11.8 Å². The lowest BCUT2D eigenvalue weighted by molar-refractivity contribution is -0.261. The van der Waals surface area contributed by atoms with Crippen molar-refractivity contribution < 1.29 is 30.0 Å². The van der Waals surface area contributed by atoms with Crippen LogP contribution in [0, 0.1) is 0 Å². The molecule has 1 aliphatic heterocycles. The van der Waals surface area contributed by atoms with Crippen molar-refractivity contribution in [1.82, 2.24) is 4.90 Å². The summed E-state index contributed by atoms with van der Waals surface area (Å²) in [5.41, 5.74) is 0. The summed E-state index contributed by atoms with van der Waals surface area (Å²) < 4.78 is 5.24. The molecule has 4 N–H and O–H groups in total. The van der Waals surface area contributed by atoms with E-state index in [2.05, 4.69) is 0 Å². The highest BCUT2D eigenvalue weighted by molar-refractivity contribution is 5.73. The van der Waals surface area contributed by atoms with Gasteiger partial charge in [-0.25, -0.2) is 0 Å². The van der Waals surface area contributed by atoms with Crippen LogP contribution in [0.5, 0.6) is 0 Å². The molecule has 1 rings (SSSR count). The Morgan fingerprint density at radius 3 is 2.24 bits per heavy atom. The highest BCUT2D eigenvalue weighted by atomic mass is 16.6. The molecule has 17 heavy (non-hydrogen) atoms. The largest absolute Gasteiger partial charge is 0.394 e. The van der Waals surface area contributed by atoms with E-state index in [9.17, 15) is 20.1 Å². The van der Waals surface area contributed by atoms with Gasteiger partial charge in [-0.15, -0.1) is 0 Å². The lowest BCUT2D eigenvalue weighted by Gasteiger charge is -2.44. The minimum Gasteiger partial charge on any atom is -0.394 e. The summed E-state index contributed by atoms with van der Waals surface area (Å²) >= 11 is 0. The first-order valence-corrected chi connectivity index (χ1v) is 5.51. The van der Waals surface area contributed by atoms with E-state index in [-0.39, 0.29) is 12.5 Å². The van der Waals surface area contributed by atoms with Crippen molar-refractivity contribution in [2.75, 3.05) is 13.2 Å². The van der Waals surface area contributed by atoms with Crippen molar-refractivity contribution >= 4 is 5.91 Å². The Kier molecular flexibility index (Phi) is 4.84. The second-order valence-electron chi connectivity index (χ2n) is 4.02. The number of ether oxygens (including phenoxy) is 1. The molecule has 0 radical (unpaired) electrons. The predicted molar refractivity (Wildman–Crippen MR) is 56.8 cm³/mol. The zero-order valence-electron chi connectivity index (χ0n) is 9.85. The molecule has 0 aromatic carbocycles. The number of likely N-dealkylation sites (N-methyl/N-ethyl adjacent to an activating group) is 1. The highest BCUT2D eigenvalue weighted by Gasteiger charge is 2.45. The number of hydrogen-bond acceptors (Lipinski definition) is 6. The van der Waals surface area contributed by atoms with Crippen LogP contribution in [0.4, 0.5) is 0 Å². The summed E-state index contributed by atoms with van der Waals surface area (Å²) in [5, 5.41) is 37.9. The summed E-state index contributed by atoms with van der Waals surface area (Å²) in [6, 6.07) is 0. The lowest BCUT2D eigenvalue weighted by Crippen LogP contribution is -2.63. The molecule has 1 heterocycles. The maximum Gasteiger partial charge on any atom is 0.221 e. The van der Waals surface area contributed by atoms with Crippen LogP contribution >= 0.6 is 0 Å². The molecule has 0 spiro atoms. The molecular weight excluding hydrogens is 230 g/mol. The second-order valence-corrected chi connectivity index (χ2v) is 4.02. The molecule has 7 heteroatoms. The van der Waals surface area contributed by atoms with E-state index >= 15 is 0 Å². The van der Waals surface area contributed by atoms with Crippen molar-refractivity contribution in [2.24, 2.45) is 0 Å². The first-order valence-electron chi connectivity index (χ1n) is 5.51. The molecule has 100 valence electrons. The van der Waals surface area contributed by atoms with Crippen molar-refractivity contribution in [1.29, 1.82) is 0 Å². The Labute approximate surface area is 99.2 Å². The van der Waals surface area contributed by atoms with Crippen molar-refractivity contribution in [3.8, 4) is 0 Å². The first-order chi connectivity index (χ1) is 7.93. The standard InChI is InChI=1S/C10H19NO6/c1-3-11(5(2)13)10-9(16)8(15)7(14)6(4-12)17-10/h6-10,12,14-16H,3-4H2,1-2H3/t6?,7-,8?,9?,10+/m0/s1. The Bertz CT molecular complexity index is 272. The van der Waals surface area contributed by atoms with Crippen molar-refractivity contribution in [3.05, 3.63) is 0 Å². The van der Waals surface area contributed by atoms with Crippen LogP contribution in [0.15, 0.2) is 0 Å².